The normalized spacial score (nSPS) is 10.8. The minimum Gasteiger partial charge on any atom is -0.436 e. The van der Waals surface area contributed by atoms with Gasteiger partial charge in [0, 0.05) is 23.5 Å². The second-order valence-corrected chi connectivity index (χ2v) is 5.93. The fourth-order valence-electron chi connectivity index (χ4n) is 2.49. The smallest absolute Gasteiger partial charge is 0.255 e. The van der Waals surface area contributed by atoms with Gasteiger partial charge in [0.25, 0.3) is 5.91 Å². The van der Waals surface area contributed by atoms with Crippen LogP contribution in [0.3, 0.4) is 0 Å². The van der Waals surface area contributed by atoms with E-state index < -0.39 is 11.7 Å². The Bertz CT molecular complexity index is 1090. The zero-order valence-corrected chi connectivity index (χ0v) is 14.0. The molecule has 2 aromatic heterocycles. The van der Waals surface area contributed by atoms with Crippen LogP contribution in [0.2, 0.25) is 5.02 Å². The Balaban J connectivity index is 1.60. The van der Waals surface area contributed by atoms with Gasteiger partial charge in [0.1, 0.15) is 11.3 Å². The molecule has 2 heterocycles. The zero-order valence-electron chi connectivity index (χ0n) is 13.2. The third kappa shape index (κ3) is 3.14. The molecule has 26 heavy (non-hydrogen) atoms. The number of anilines is 1. The molecule has 4 rings (SSSR count). The van der Waals surface area contributed by atoms with E-state index in [4.69, 9.17) is 16.0 Å². The van der Waals surface area contributed by atoms with Crippen LogP contribution in [0.4, 0.5) is 10.1 Å². The lowest BCUT2D eigenvalue weighted by molar-refractivity contribution is 0.102. The highest BCUT2D eigenvalue weighted by Crippen LogP contribution is 2.31. The highest BCUT2D eigenvalue weighted by Gasteiger charge is 2.13. The summed E-state index contributed by atoms with van der Waals surface area (Å²) in [6, 6.07) is 12.1. The summed E-state index contributed by atoms with van der Waals surface area (Å²) in [6.45, 7) is 0. The summed E-state index contributed by atoms with van der Waals surface area (Å²) in [4.78, 5) is 20.5. The maximum Gasteiger partial charge on any atom is 0.255 e. The summed E-state index contributed by atoms with van der Waals surface area (Å²) in [6.07, 6.45) is 3.22. The first-order valence-electron chi connectivity index (χ1n) is 7.67. The van der Waals surface area contributed by atoms with Crippen molar-refractivity contribution in [2.24, 2.45) is 0 Å². The van der Waals surface area contributed by atoms with Gasteiger partial charge in [0.2, 0.25) is 5.89 Å². The monoisotopic (exact) mass is 367 g/mol. The number of benzene rings is 2. The highest BCUT2D eigenvalue weighted by atomic mass is 35.5. The van der Waals surface area contributed by atoms with Crippen LogP contribution in [0, 0.1) is 5.82 Å². The molecule has 0 saturated carbocycles. The molecule has 0 fully saturated rings. The summed E-state index contributed by atoms with van der Waals surface area (Å²) in [5.74, 6) is -0.543. The predicted octanol–water partition coefficient (Wildman–Crippen LogP) is 4.93. The third-order valence-electron chi connectivity index (χ3n) is 3.73. The highest BCUT2D eigenvalue weighted by molar-refractivity contribution is 6.33. The van der Waals surface area contributed by atoms with Crippen molar-refractivity contribution in [2.45, 2.75) is 0 Å². The molecule has 7 heteroatoms. The van der Waals surface area contributed by atoms with E-state index in [1.165, 1.54) is 18.2 Å². The number of pyridine rings is 1. The summed E-state index contributed by atoms with van der Waals surface area (Å²) in [5, 5.41) is 3.04. The quantitative estimate of drug-likeness (QED) is 0.557. The van der Waals surface area contributed by atoms with Crippen LogP contribution in [0.5, 0.6) is 0 Å². The number of carbonyl (C=O) groups excluding carboxylic acids is 1. The van der Waals surface area contributed by atoms with Crippen molar-refractivity contribution in [2.75, 3.05) is 5.32 Å². The van der Waals surface area contributed by atoms with Gasteiger partial charge in [-0.1, -0.05) is 17.7 Å². The number of rotatable bonds is 3. The van der Waals surface area contributed by atoms with Gasteiger partial charge in [-0.15, -0.1) is 0 Å². The molecule has 5 nitrogen and oxygen atoms in total. The number of nitrogens with zero attached hydrogens (tertiary/aromatic N) is 2. The average Bonchev–Trinajstić information content (AvgIpc) is 3.05. The van der Waals surface area contributed by atoms with Crippen LogP contribution in [0.15, 0.2) is 65.3 Å². The first kappa shape index (κ1) is 16.2. The van der Waals surface area contributed by atoms with E-state index >= 15 is 0 Å². The topological polar surface area (TPSA) is 68.0 Å². The second kappa shape index (κ2) is 6.57. The molecular formula is C19H11ClFN3O2. The van der Waals surface area contributed by atoms with Crippen molar-refractivity contribution in [1.82, 2.24) is 9.97 Å². The Morgan fingerprint density at radius 3 is 2.81 bits per heavy atom. The van der Waals surface area contributed by atoms with E-state index in [0.717, 1.165) is 6.07 Å². The fourth-order valence-corrected chi connectivity index (χ4v) is 2.76. The molecule has 128 valence electrons. The van der Waals surface area contributed by atoms with Crippen molar-refractivity contribution in [3.8, 4) is 11.5 Å². The van der Waals surface area contributed by atoms with Gasteiger partial charge >= 0.3 is 0 Å². The minimum absolute atomic E-state index is 0.219. The van der Waals surface area contributed by atoms with Crippen LogP contribution in [0.25, 0.3) is 22.6 Å². The largest absolute Gasteiger partial charge is 0.436 e. The molecule has 0 aliphatic carbocycles. The molecular weight excluding hydrogens is 357 g/mol. The first-order valence-corrected chi connectivity index (χ1v) is 8.05. The van der Waals surface area contributed by atoms with Crippen LogP contribution in [-0.2, 0) is 0 Å². The van der Waals surface area contributed by atoms with Gasteiger partial charge in [-0.2, -0.15) is 0 Å². The van der Waals surface area contributed by atoms with Crippen LogP contribution in [0.1, 0.15) is 10.4 Å². The molecule has 0 saturated heterocycles. The lowest BCUT2D eigenvalue weighted by Crippen LogP contribution is -2.12. The Hall–Kier alpha value is -3.25. The molecule has 0 aliphatic rings. The van der Waals surface area contributed by atoms with E-state index in [1.54, 1.807) is 36.7 Å². The predicted molar refractivity (Wildman–Crippen MR) is 96.6 cm³/mol. The van der Waals surface area contributed by atoms with E-state index in [9.17, 15) is 9.18 Å². The Morgan fingerprint density at radius 2 is 2.04 bits per heavy atom. The van der Waals surface area contributed by atoms with Crippen LogP contribution in [-0.4, -0.2) is 15.9 Å². The molecule has 0 radical (unpaired) electrons. The molecule has 2 aromatic carbocycles. The molecule has 4 aromatic rings. The SMILES string of the molecule is O=C(Nc1ccc(-c2nc3cnccc3o2)c(Cl)c1)c1cccc(F)c1. The minimum atomic E-state index is -0.475. The Kier molecular flexibility index (Phi) is 4.10. The number of hydrogen-bond acceptors (Lipinski definition) is 4. The Morgan fingerprint density at radius 1 is 1.15 bits per heavy atom. The first-order chi connectivity index (χ1) is 12.6. The number of carbonyl (C=O) groups is 1. The molecule has 0 unspecified atom stereocenters. The van der Waals surface area contributed by atoms with E-state index in [1.807, 2.05) is 0 Å². The van der Waals surface area contributed by atoms with Crippen molar-refractivity contribution in [3.05, 3.63) is 77.3 Å². The van der Waals surface area contributed by atoms with Crippen molar-refractivity contribution >= 4 is 34.3 Å². The van der Waals surface area contributed by atoms with E-state index in [-0.39, 0.29) is 5.56 Å². The number of aromatic nitrogens is 2. The third-order valence-corrected chi connectivity index (χ3v) is 4.05. The number of fused-ring (bicyclic) bond motifs is 1. The van der Waals surface area contributed by atoms with Gasteiger partial charge in [-0.05, 0) is 36.4 Å². The molecule has 0 atom stereocenters. The average molecular weight is 368 g/mol. The van der Waals surface area contributed by atoms with Gasteiger partial charge < -0.3 is 9.73 Å². The van der Waals surface area contributed by atoms with Crippen LogP contribution >= 0.6 is 11.6 Å². The van der Waals surface area contributed by atoms with Gasteiger partial charge in [0.05, 0.1) is 16.8 Å². The number of oxazole rings is 1. The maximum atomic E-state index is 13.2. The van der Waals surface area contributed by atoms with Crippen molar-refractivity contribution in [3.63, 3.8) is 0 Å². The summed E-state index contributed by atoms with van der Waals surface area (Å²) in [7, 11) is 0. The van der Waals surface area contributed by atoms with Crippen molar-refractivity contribution < 1.29 is 13.6 Å². The number of nitrogens with one attached hydrogen (secondary N) is 1. The Labute approximate surface area is 152 Å². The number of halogens is 2. The molecule has 0 bridgehead atoms. The van der Waals surface area contributed by atoms with E-state index in [2.05, 4.69) is 15.3 Å². The fraction of sp³-hybridized carbons (Fsp3) is 0. The van der Waals surface area contributed by atoms with Crippen molar-refractivity contribution in [1.29, 1.82) is 0 Å². The van der Waals surface area contributed by atoms with Crippen LogP contribution < -0.4 is 5.32 Å². The lowest BCUT2D eigenvalue weighted by Gasteiger charge is -2.07. The van der Waals surface area contributed by atoms with Gasteiger partial charge in [0.15, 0.2) is 5.58 Å². The zero-order chi connectivity index (χ0) is 18.1. The second-order valence-electron chi connectivity index (χ2n) is 5.52. The summed E-state index contributed by atoms with van der Waals surface area (Å²) < 4.78 is 18.9. The molecule has 1 N–H and O–H groups in total. The molecule has 0 spiro atoms. The van der Waals surface area contributed by atoms with E-state index in [0.29, 0.717) is 33.3 Å². The molecule has 1 amide bonds. The summed E-state index contributed by atoms with van der Waals surface area (Å²) >= 11 is 6.32. The standard InChI is InChI=1S/C19H11ClFN3O2/c20-15-9-13(23-18(25)11-2-1-3-12(21)8-11)4-5-14(15)19-24-16-10-22-7-6-17(16)26-19/h1-10H,(H,23,25). The number of hydrogen-bond donors (Lipinski definition) is 1. The maximum absolute atomic E-state index is 13.2. The van der Waals surface area contributed by atoms with Gasteiger partial charge in [-0.25, -0.2) is 9.37 Å². The molecule has 0 aliphatic heterocycles. The van der Waals surface area contributed by atoms with Gasteiger partial charge in [-0.3, -0.25) is 9.78 Å². The lowest BCUT2D eigenvalue weighted by atomic mass is 10.1. The number of amides is 1. The summed E-state index contributed by atoms with van der Waals surface area (Å²) in [5.41, 5.74) is 2.52.